The zero-order chi connectivity index (χ0) is 17.1. The van der Waals surface area contributed by atoms with E-state index in [0.29, 0.717) is 5.54 Å². The molecule has 2 heterocycles. The van der Waals surface area contributed by atoms with Gasteiger partial charge in [0.2, 0.25) is 0 Å². The summed E-state index contributed by atoms with van der Waals surface area (Å²) in [5.74, 6) is 0. The lowest BCUT2D eigenvalue weighted by atomic mass is 9.86. The van der Waals surface area contributed by atoms with Crippen molar-refractivity contribution in [3.63, 3.8) is 0 Å². The Bertz CT molecular complexity index is 702. The van der Waals surface area contributed by atoms with E-state index in [1.165, 1.54) is 56.4 Å². The molecular weight excluding hydrogens is 328 g/mol. The van der Waals surface area contributed by atoms with Crippen molar-refractivity contribution in [1.29, 1.82) is 0 Å². The van der Waals surface area contributed by atoms with Gasteiger partial charge in [0.05, 0.1) is 0 Å². The summed E-state index contributed by atoms with van der Waals surface area (Å²) in [6.07, 6.45) is 5.25. The van der Waals surface area contributed by atoms with Crippen LogP contribution >= 0.6 is 11.6 Å². The van der Waals surface area contributed by atoms with E-state index >= 15 is 0 Å². The van der Waals surface area contributed by atoms with Crippen molar-refractivity contribution in [3.8, 4) is 0 Å². The van der Waals surface area contributed by atoms with Crippen LogP contribution < -0.4 is 0 Å². The Kier molecular flexibility index (Phi) is 5.12. The zero-order valence-electron chi connectivity index (χ0n) is 14.8. The molecule has 2 aliphatic rings. The Hall–Kier alpha value is -1.35. The molecular formula is C22H27ClN2. The minimum Gasteiger partial charge on any atom is -0.297 e. The van der Waals surface area contributed by atoms with Crippen LogP contribution in [-0.4, -0.2) is 35.0 Å². The number of halogens is 1. The van der Waals surface area contributed by atoms with E-state index in [4.69, 9.17) is 11.6 Å². The van der Waals surface area contributed by atoms with Crippen LogP contribution in [0.2, 0.25) is 5.02 Å². The summed E-state index contributed by atoms with van der Waals surface area (Å²) in [4.78, 5) is 5.37. The number of benzene rings is 2. The lowest BCUT2D eigenvalue weighted by molar-refractivity contribution is 0.0328. The van der Waals surface area contributed by atoms with Gasteiger partial charge in [0.1, 0.15) is 0 Å². The fourth-order valence-corrected chi connectivity index (χ4v) is 4.91. The van der Waals surface area contributed by atoms with Crippen molar-refractivity contribution < 1.29 is 0 Å². The quantitative estimate of drug-likeness (QED) is 0.764. The van der Waals surface area contributed by atoms with E-state index in [1.54, 1.807) is 0 Å². The van der Waals surface area contributed by atoms with Crippen LogP contribution in [0.1, 0.15) is 36.8 Å². The van der Waals surface area contributed by atoms with Gasteiger partial charge < -0.3 is 0 Å². The maximum atomic E-state index is 6.43. The van der Waals surface area contributed by atoms with Crippen molar-refractivity contribution >= 4 is 11.6 Å². The van der Waals surface area contributed by atoms with E-state index < -0.39 is 0 Å². The number of likely N-dealkylation sites (tertiary alicyclic amines) is 2. The van der Waals surface area contributed by atoms with Crippen LogP contribution in [0.5, 0.6) is 0 Å². The van der Waals surface area contributed by atoms with Gasteiger partial charge in [-0.25, -0.2) is 0 Å². The topological polar surface area (TPSA) is 6.48 Å². The molecule has 0 amide bonds. The van der Waals surface area contributed by atoms with Gasteiger partial charge in [-0.15, -0.1) is 0 Å². The van der Waals surface area contributed by atoms with Gasteiger partial charge in [0.25, 0.3) is 0 Å². The molecule has 2 aliphatic heterocycles. The predicted octanol–water partition coefficient (Wildman–Crippen LogP) is 4.97. The second kappa shape index (κ2) is 7.49. The molecule has 1 atom stereocenters. The first-order valence-corrected chi connectivity index (χ1v) is 9.88. The lowest BCUT2D eigenvalue weighted by Crippen LogP contribution is -2.55. The largest absolute Gasteiger partial charge is 0.297 e. The third-order valence-corrected chi connectivity index (χ3v) is 6.31. The first kappa shape index (κ1) is 17.1. The van der Waals surface area contributed by atoms with Gasteiger partial charge in [0.15, 0.2) is 0 Å². The molecule has 2 nitrogen and oxygen atoms in total. The third-order valence-electron chi connectivity index (χ3n) is 5.94. The molecule has 2 fully saturated rings. The molecule has 4 rings (SSSR count). The van der Waals surface area contributed by atoms with Crippen LogP contribution in [0.15, 0.2) is 54.6 Å². The summed E-state index contributed by atoms with van der Waals surface area (Å²) in [6.45, 7) is 5.66. The highest BCUT2D eigenvalue weighted by molar-refractivity contribution is 6.31. The van der Waals surface area contributed by atoms with Gasteiger partial charge in [-0.3, -0.25) is 9.80 Å². The van der Waals surface area contributed by atoms with Crippen molar-refractivity contribution in [1.82, 2.24) is 9.80 Å². The van der Waals surface area contributed by atoms with Gasteiger partial charge in [0, 0.05) is 30.2 Å². The van der Waals surface area contributed by atoms with Crippen molar-refractivity contribution in [2.45, 2.75) is 44.3 Å². The molecule has 2 aromatic rings. The average Bonchev–Trinajstić information content (AvgIpc) is 2.99. The van der Waals surface area contributed by atoms with E-state index in [0.717, 1.165) is 18.1 Å². The predicted molar refractivity (Wildman–Crippen MR) is 105 cm³/mol. The van der Waals surface area contributed by atoms with Gasteiger partial charge in [-0.2, -0.15) is 0 Å². The van der Waals surface area contributed by atoms with Gasteiger partial charge in [-0.1, -0.05) is 60.1 Å². The van der Waals surface area contributed by atoms with Gasteiger partial charge >= 0.3 is 0 Å². The molecule has 0 aromatic heterocycles. The Balaban J connectivity index is 1.48. The summed E-state index contributed by atoms with van der Waals surface area (Å²) < 4.78 is 0. The highest BCUT2D eigenvalue weighted by atomic mass is 35.5. The first-order valence-electron chi connectivity index (χ1n) is 9.50. The van der Waals surface area contributed by atoms with Crippen LogP contribution in [0.4, 0.5) is 0 Å². The van der Waals surface area contributed by atoms with Crippen molar-refractivity contribution in [2.24, 2.45) is 0 Å². The standard InChI is InChI=1S/C22H27ClN2/c23-21-11-5-4-10-20(21)17-25-15-7-13-22(25)12-6-14-24(18-22)16-19-8-2-1-3-9-19/h1-5,8-11H,6-7,12-18H2/t22-/m0/s1. The van der Waals surface area contributed by atoms with Crippen LogP contribution in [0.3, 0.4) is 0 Å². The summed E-state index contributed by atoms with van der Waals surface area (Å²) in [6, 6.07) is 19.2. The fourth-order valence-electron chi connectivity index (χ4n) is 4.72. The van der Waals surface area contributed by atoms with E-state index in [9.17, 15) is 0 Å². The first-order chi connectivity index (χ1) is 12.3. The highest BCUT2D eigenvalue weighted by Gasteiger charge is 2.43. The summed E-state index contributed by atoms with van der Waals surface area (Å²) >= 11 is 6.43. The Morgan fingerprint density at radius 2 is 1.56 bits per heavy atom. The summed E-state index contributed by atoms with van der Waals surface area (Å²) in [7, 11) is 0. The molecule has 0 saturated carbocycles. The highest BCUT2D eigenvalue weighted by Crippen LogP contribution is 2.39. The fraction of sp³-hybridized carbons (Fsp3) is 0.455. The Labute approximate surface area is 156 Å². The summed E-state index contributed by atoms with van der Waals surface area (Å²) in [5.41, 5.74) is 3.03. The molecule has 0 unspecified atom stereocenters. The van der Waals surface area contributed by atoms with Crippen LogP contribution in [-0.2, 0) is 13.1 Å². The van der Waals surface area contributed by atoms with Crippen LogP contribution in [0, 0.1) is 0 Å². The molecule has 25 heavy (non-hydrogen) atoms. The molecule has 0 aliphatic carbocycles. The molecule has 3 heteroatoms. The maximum absolute atomic E-state index is 6.43. The SMILES string of the molecule is Clc1ccccc1CN1CCC[C@]12CCCN(Cc1ccccc1)C2. The van der Waals surface area contributed by atoms with E-state index in [2.05, 4.69) is 52.3 Å². The number of nitrogens with zero attached hydrogens (tertiary/aromatic N) is 2. The molecule has 0 radical (unpaired) electrons. The second-order valence-electron chi connectivity index (χ2n) is 7.64. The number of hydrogen-bond acceptors (Lipinski definition) is 2. The monoisotopic (exact) mass is 354 g/mol. The maximum Gasteiger partial charge on any atom is 0.0451 e. The number of piperidine rings is 1. The van der Waals surface area contributed by atoms with E-state index in [-0.39, 0.29) is 0 Å². The zero-order valence-corrected chi connectivity index (χ0v) is 15.6. The summed E-state index contributed by atoms with van der Waals surface area (Å²) in [5, 5.41) is 0.904. The lowest BCUT2D eigenvalue weighted by Gasteiger charge is -2.46. The molecule has 0 N–H and O–H groups in total. The molecule has 2 saturated heterocycles. The Morgan fingerprint density at radius 1 is 0.840 bits per heavy atom. The smallest absolute Gasteiger partial charge is 0.0451 e. The molecule has 1 spiro atoms. The molecule has 2 aromatic carbocycles. The van der Waals surface area contributed by atoms with Gasteiger partial charge in [-0.05, 0) is 56.0 Å². The normalized spacial score (nSPS) is 24.8. The van der Waals surface area contributed by atoms with Crippen LogP contribution in [0.25, 0.3) is 0 Å². The number of rotatable bonds is 4. The van der Waals surface area contributed by atoms with Crippen molar-refractivity contribution in [2.75, 3.05) is 19.6 Å². The molecule has 132 valence electrons. The third kappa shape index (κ3) is 3.76. The van der Waals surface area contributed by atoms with E-state index in [1.807, 2.05) is 12.1 Å². The second-order valence-corrected chi connectivity index (χ2v) is 8.05. The van der Waals surface area contributed by atoms with Crippen molar-refractivity contribution in [3.05, 3.63) is 70.7 Å². The minimum absolute atomic E-state index is 0.339. The molecule has 0 bridgehead atoms. The minimum atomic E-state index is 0.339. The Morgan fingerprint density at radius 3 is 2.36 bits per heavy atom. The average molecular weight is 355 g/mol. The number of hydrogen-bond donors (Lipinski definition) is 0.